The molecule has 0 amide bonds. The summed E-state index contributed by atoms with van der Waals surface area (Å²) in [4.78, 5) is 4.87. The highest BCUT2D eigenvalue weighted by atomic mass is 19.3. The first-order valence-corrected chi connectivity index (χ1v) is 7.52. The first kappa shape index (κ1) is 15.0. The second kappa shape index (κ2) is 5.36. The molecule has 1 saturated heterocycles. The fourth-order valence-corrected chi connectivity index (χ4v) is 3.12. The Balaban J connectivity index is 1.85. The number of alkyl halides is 2. The molecule has 1 unspecified atom stereocenters. The quantitative estimate of drug-likeness (QED) is 0.916. The summed E-state index contributed by atoms with van der Waals surface area (Å²) in [5, 5.41) is 9.96. The highest BCUT2D eigenvalue weighted by molar-refractivity contribution is 5.85. The van der Waals surface area contributed by atoms with Crippen LogP contribution in [0.3, 0.4) is 0 Å². The normalized spacial score (nSPS) is 21.9. The van der Waals surface area contributed by atoms with E-state index in [1.165, 1.54) is 0 Å². The molecular weight excluding hydrogens is 284 g/mol. The molecule has 0 saturated carbocycles. The van der Waals surface area contributed by atoms with Crippen molar-refractivity contribution in [2.45, 2.75) is 32.7 Å². The first-order chi connectivity index (χ1) is 10.4. The SMILES string of the molecule is Cc1c(CN2CCC(C)C(F)(F)C2)ccc2[nH]c(C#N)cc12. The zero-order chi connectivity index (χ0) is 15.9. The van der Waals surface area contributed by atoms with Crippen molar-refractivity contribution in [2.24, 2.45) is 5.92 Å². The van der Waals surface area contributed by atoms with Crippen molar-refractivity contribution in [1.29, 1.82) is 5.26 Å². The molecule has 1 aliphatic rings. The molecule has 5 heteroatoms. The molecule has 0 bridgehead atoms. The van der Waals surface area contributed by atoms with E-state index in [0.29, 0.717) is 25.2 Å². The Morgan fingerprint density at radius 1 is 1.45 bits per heavy atom. The van der Waals surface area contributed by atoms with Crippen LogP contribution in [0.5, 0.6) is 0 Å². The monoisotopic (exact) mass is 303 g/mol. The largest absolute Gasteiger partial charge is 0.346 e. The van der Waals surface area contributed by atoms with Crippen LogP contribution in [0.15, 0.2) is 18.2 Å². The Morgan fingerprint density at radius 3 is 2.91 bits per heavy atom. The molecule has 2 aromatic rings. The Labute approximate surface area is 128 Å². The standard InChI is InChI=1S/C17H19F2N3/c1-11-5-6-22(10-17(11,18)19)9-13-3-4-16-15(12(13)2)7-14(8-20)21-16/h3-4,7,11,21H,5-6,9-10H2,1-2H3. The van der Waals surface area contributed by atoms with Crippen LogP contribution in [0.4, 0.5) is 8.78 Å². The van der Waals surface area contributed by atoms with Gasteiger partial charge in [0.05, 0.1) is 6.54 Å². The molecule has 3 nitrogen and oxygen atoms in total. The molecular formula is C17H19F2N3. The molecule has 1 aromatic carbocycles. The van der Waals surface area contributed by atoms with Crippen LogP contribution < -0.4 is 0 Å². The van der Waals surface area contributed by atoms with Gasteiger partial charge >= 0.3 is 0 Å². The summed E-state index contributed by atoms with van der Waals surface area (Å²) in [7, 11) is 0. The lowest BCUT2D eigenvalue weighted by Gasteiger charge is -2.37. The molecule has 1 aromatic heterocycles. The molecule has 116 valence electrons. The van der Waals surface area contributed by atoms with E-state index in [2.05, 4.69) is 11.1 Å². The number of hydrogen-bond acceptors (Lipinski definition) is 2. The number of fused-ring (bicyclic) bond motifs is 1. The predicted octanol–water partition coefficient (Wildman–Crippen LogP) is 3.83. The van der Waals surface area contributed by atoms with Crippen molar-refractivity contribution in [3.63, 3.8) is 0 Å². The topological polar surface area (TPSA) is 42.8 Å². The number of nitriles is 1. The van der Waals surface area contributed by atoms with Gasteiger partial charge in [0.25, 0.3) is 5.92 Å². The Morgan fingerprint density at radius 2 is 2.23 bits per heavy atom. The summed E-state index contributed by atoms with van der Waals surface area (Å²) >= 11 is 0. The van der Waals surface area contributed by atoms with Gasteiger partial charge in [-0.2, -0.15) is 5.26 Å². The van der Waals surface area contributed by atoms with E-state index in [1.54, 1.807) is 6.92 Å². The Kier molecular flexibility index (Phi) is 3.65. The fraction of sp³-hybridized carbons (Fsp3) is 0.471. The molecule has 1 aliphatic heterocycles. The minimum absolute atomic E-state index is 0.178. The number of nitrogens with one attached hydrogen (secondary N) is 1. The van der Waals surface area contributed by atoms with Gasteiger partial charge in [0.1, 0.15) is 11.8 Å². The predicted molar refractivity (Wildman–Crippen MR) is 81.8 cm³/mol. The van der Waals surface area contributed by atoms with Gasteiger partial charge in [-0.05, 0) is 43.1 Å². The second-order valence-corrected chi connectivity index (χ2v) is 6.27. The number of rotatable bonds is 2. The summed E-state index contributed by atoms with van der Waals surface area (Å²) in [5.41, 5.74) is 3.53. The van der Waals surface area contributed by atoms with E-state index in [4.69, 9.17) is 5.26 Å². The summed E-state index contributed by atoms with van der Waals surface area (Å²) < 4.78 is 27.7. The highest BCUT2D eigenvalue weighted by Gasteiger charge is 2.41. The fourth-order valence-electron chi connectivity index (χ4n) is 3.12. The average Bonchev–Trinajstić information content (AvgIpc) is 2.90. The maximum Gasteiger partial charge on any atom is 0.263 e. The van der Waals surface area contributed by atoms with Crippen LogP contribution in [0, 0.1) is 24.2 Å². The molecule has 1 atom stereocenters. The number of hydrogen-bond donors (Lipinski definition) is 1. The van der Waals surface area contributed by atoms with Gasteiger partial charge in [0.2, 0.25) is 0 Å². The van der Waals surface area contributed by atoms with E-state index in [0.717, 1.165) is 22.0 Å². The van der Waals surface area contributed by atoms with Gasteiger partial charge in [0.15, 0.2) is 0 Å². The highest BCUT2D eigenvalue weighted by Crippen LogP contribution is 2.33. The van der Waals surface area contributed by atoms with Crippen LogP contribution in [0.25, 0.3) is 10.9 Å². The number of aromatic amines is 1. The van der Waals surface area contributed by atoms with Crippen LogP contribution in [0.2, 0.25) is 0 Å². The number of nitrogens with zero attached hydrogens (tertiary/aromatic N) is 2. The van der Waals surface area contributed by atoms with Crippen molar-refractivity contribution in [2.75, 3.05) is 13.1 Å². The minimum atomic E-state index is -2.61. The smallest absolute Gasteiger partial charge is 0.263 e. The molecule has 2 heterocycles. The maximum absolute atomic E-state index is 13.9. The minimum Gasteiger partial charge on any atom is -0.346 e. The number of likely N-dealkylation sites (tertiary alicyclic amines) is 1. The maximum atomic E-state index is 13.9. The van der Waals surface area contributed by atoms with Gasteiger partial charge in [-0.1, -0.05) is 13.0 Å². The lowest BCUT2D eigenvalue weighted by molar-refractivity contribution is -0.106. The van der Waals surface area contributed by atoms with Crippen molar-refractivity contribution in [3.05, 3.63) is 35.0 Å². The van der Waals surface area contributed by atoms with E-state index >= 15 is 0 Å². The van der Waals surface area contributed by atoms with Crippen LogP contribution >= 0.6 is 0 Å². The van der Waals surface area contributed by atoms with E-state index in [9.17, 15) is 8.78 Å². The average molecular weight is 303 g/mol. The van der Waals surface area contributed by atoms with E-state index < -0.39 is 11.8 Å². The number of benzene rings is 1. The number of aromatic nitrogens is 1. The van der Waals surface area contributed by atoms with Crippen LogP contribution in [-0.4, -0.2) is 28.9 Å². The van der Waals surface area contributed by atoms with Gasteiger partial charge in [-0.3, -0.25) is 4.90 Å². The van der Waals surface area contributed by atoms with Crippen LogP contribution in [0.1, 0.15) is 30.2 Å². The Bertz CT molecular complexity index is 742. The number of H-pyrrole nitrogens is 1. The third kappa shape index (κ3) is 2.59. The molecule has 0 radical (unpaired) electrons. The van der Waals surface area contributed by atoms with Crippen molar-refractivity contribution in [1.82, 2.24) is 9.88 Å². The third-order valence-corrected chi connectivity index (χ3v) is 4.73. The van der Waals surface area contributed by atoms with Crippen molar-refractivity contribution >= 4 is 10.9 Å². The number of piperidine rings is 1. The molecule has 0 spiro atoms. The molecule has 1 N–H and O–H groups in total. The lowest BCUT2D eigenvalue weighted by Crippen LogP contribution is -2.47. The summed E-state index contributed by atoms with van der Waals surface area (Å²) in [6.45, 7) is 4.65. The molecule has 0 aliphatic carbocycles. The lowest BCUT2D eigenvalue weighted by atomic mass is 9.94. The van der Waals surface area contributed by atoms with E-state index in [1.807, 2.05) is 30.0 Å². The van der Waals surface area contributed by atoms with Gasteiger partial charge < -0.3 is 4.98 Å². The van der Waals surface area contributed by atoms with Gasteiger partial charge in [-0.15, -0.1) is 0 Å². The van der Waals surface area contributed by atoms with Gasteiger partial charge in [0, 0.05) is 23.4 Å². The zero-order valence-electron chi connectivity index (χ0n) is 12.8. The van der Waals surface area contributed by atoms with E-state index in [-0.39, 0.29) is 6.54 Å². The number of aryl methyl sites for hydroxylation is 1. The van der Waals surface area contributed by atoms with Crippen molar-refractivity contribution in [3.8, 4) is 6.07 Å². The number of halogens is 2. The Hall–Kier alpha value is -1.93. The molecule has 1 fully saturated rings. The third-order valence-electron chi connectivity index (χ3n) is 4.73. The summed E-state index contributed by atoms with van der Waals surface area (Å²) in [6, 6.07) is 7.80. The zero-order valence-corrected chi connectivity index (χ0v) is 12.8. The van der Waals surface area contributed by atoms with Gasteiger partial charge in [-0.25, -0.2) is 8.78 Å². The molecule has 3 rings (SSSR count). The van der Waals surface area contributed by atoms with Crippen LogP contribution in [-0.2, 0) is 6.54 Å². The summed E-state index contributed by atoms with van der Waals surface area (Å²) in [6.07, 6.45) is 0.525. The second-order valence-electron chi connectivity index (χ2n) is 6.27. The summed E-state index contributed by atoms with van der Waals surface area (Å²) in [5.74, 6) is -3.16. The molecule has 22 heavy (non-hydrogen) atoms. The van der Waals surface area contributed by atoms with Crippen molar-refractivity contribution < 1.29 is 8.78 Å². The first-order valence-electron chi connectivity index (χ1n) is 7.52.